The van der Waals surface area contributed by atoms with Gasteiger partial charge in [0, 0.05) is 18.1 Å². The topological polar surface area (TPSA) is 64.4 Å². The molecule has 0 atom stereocenters. The maximum Gasteiger partial charge on any atom is 0.417 e. The number of thioether (sulfide) groups is 1. The zero-order chi connectivity index (χ0) is 16.5. The molecule has 1 aromatic heterocycles. The first-order chi connectivity index (χ1) is 10.2. The summed E-state index contributed by atoms with van der Waals surface area (Å²) in [5.41, 5.74) is -1.07. The fourth-order valence-corrected chi connectivity index (χ4v) is 2.37. The van der Waals surface area contributed by atoms with E-state index in [1.165, 1.54) is 36.3 Å². The van der Waals surface area contributed by atoms with Crippen LogP contribution in [0.4, 0.5) is 13.2 Å². The largest absolute Gasteiger partial charge is 0.477 e. The summed E-state index contributed by atoms with van der Waals surface area (Å²) in [6.45, 7) is 0. The second-order valence-electron chi connectivity index (χ2n) is 4.29. The number of halogens is 3. The third-order valence-corrected chi connectivity index (χ3v) is 3.51. The number of alkyl halides is 3. The molecule has 9 heteroatoms. The fourth-order valence-electron chi connectivity index (χ4n) is 1.77. The molecule has 1 aromatic carbocycles. The van der Waals surface area contributed by atoms with Crippen molar-refractivity contribution >= 4 is 17.7 Å². The number of carboxylic acid groups (broad SMARTS) is 1. The van der Waals surface area contributed by atoms with Crippen LogP contribution in [0.15, 0.2) is 29.3 Å². The molecule has 118 valence electrons. The molecule has 0 saturated carbocycles. The first-order valence-electron chi connectivity index (χ1n) is 5.92. The van der Waals surface area contributed by atoms with Crippen molar-refractivity contribution in [2.24, 2.45) is 7.05 Å². The summed E-state index contributed by atoms with van der Waals surface area (Å²) in [6.07, 6.45) is -1.79. The highest BCUT2D eigenvalue weighted by Gasteiger charge is 2.34. The number of carbonyl (C=O) groups is 1. The molecule has 1 heterocycles. The van der Waals surface area contributed by atoms with Gasteiger partial charge in [0.2, 0.25) is 0 Å². The summed E-state index contributed by atoms with van der Waals surface area (Å²) >= 11 is 0.960. The minimum atomic E-state index is -4.53. The van der Waals surface area contributed by atoms with Crippen molar-refractivity contribution in [3.8, 4) is 11.6 Å². The van der Waals surface area contributed by atoms with Crippen LogP contribution < -0.4 is 4.74 Å². The molecule has 0 radical (unpaired) electrons. The summed E-state index contributed by atoms with van der Waals surface area (Å²) in [5, 5.41) is 12.8. The highest BCUT2D eigenvalue weighted by Crippen LogP contribution is 2.39. The van der Waals surface area contributed by atoms with Gasteiger partial charge in [0.25, 0.3) is 5.88 Å². The molecule has 0 aliphatic heterocycles. The Labute approximate surface area is 127 Å². The highest BCUT2D eigenvalue weighted by molar-refractivity contribution is 7.98. The van der Waals surface area contributed by atoms with Crippen molar-refractivity contribution in [3.63, 3.8) is 0 Å². The number of rotatable bonds is 4. The van der Waals surface area contributed by atoms with Gasteiger partial charge in [0.05, 0.1) is 5.56 Å². The van der Waals surface area contributed by atoms with Crippen LogP contribution in [0, 0.1) is 0 Å². The SMILES string of the molecule is CSc1ccc(Oc2nn(C)cc2C(=O)O)cc1C(F)(F)F. The van der Waals surface area contributed by atoms with Crippen molar-refractivity contribution in [3.05, 3.63) is 35.5 Å². The first-order valence-corrected chi connectivity index (χ1v) is 7.15. The molecular formula is C13H11F3N2O3S. The average Bonchev–Trinajstić information content (AvgIpc) is 2.79. The van der Waals surface area contributed by atoms with E-state index in [2.05, 4.69) is 5.10 Å². The minimum absolute atomic E-state index is 0.0549. The molecule has 0 aliphatic carbocycles. The number of aromatic carboxylic acids is 1. The van der Waals surface area contributed by atoms with Gasteiger partial charge in [-0.25, -0.2) is 4.79 Å². The number of nitrogens with zero attached hydrogens (tertiary/aromatic N) is 2. The number of hydrogen-bond donors (Lipinski definition) is 1. The third-order valence-electron chi connectivity index (χ3n) is 2.72. The van der Waals surface area contributed by atoms with Crippen LogP contribution in [0.5, 0.6) is 11.6 Å². The lowest BCUT2D eigenvalue weighted by Crippen LogP contribution is -2.07. The summed E-state index contributed by atoms with van der Waals surface area (Å²) < 4.78 is 45.4. The Morgan fingerprint density at radius 1 is 1.41 bits per heavy atom. The van der Waals surface area contributed by atoms with Gasteiger partial charge in [-0.3, -0.25) is 4.68 Å². The molecule has 0 unspecified atom stereocenters. The van der Waals surface area contributed by atoms with E-state index in [0.717, 1.165) is 17.8 Å². The molecule has 2 aromatic rings. The smallest absolute Gasteiger partial charge is 0.417 e. The average molecular weight is 332 g/mol. The van der Waals surface area contributed by atoms with Gasteiger partial charge in [0.1, 0.15) is 11.3 Å². The molecule has 1 N–H and O–H groups in total. The number of aromatic nitrogens is 2. The van der Waals surface area contributed by atoms with Crippen LogP contribution >= 0.6 is 11.8 Å². The van der Waals surface area contributed by atoms with Gasteiger partial charge >= 0.3 is 12.1 Å². The number of aryl methyl sites for hydroxylation is 1. The molecule has 0 bridgehead atoms. The Morgan fingerprint density at radius 3 is 2.64 bits per heavy atom. The lowest BCUT2D eigenvalue weighted by atomic mass is 10.2. The summed E-state index contributed by atoms with van der Waals surface area (Å²) in [7, 11) is 1.48. The number of benzene rings is 1. The van der Waals surface area contributed by atoms with Gasteiger partial charge in [-0.05, 0) is 24.5 Å². The number of carboxylic acids is 1. The molecule has 0 aliphatic rings. The van der Waals surface area contributed by atoms with Crippen molar-refractivity contribution in [1.29, 1.82) is 0 Å². The maximum atomic E-state index is 13.0. The van der Waals surface area contributed by atoms with Gasteiger partial charge in [-0.15, -0.1) is 16.9 Å². The van der Waals surface area contributed by atoms with E-state index in [9.17, 15) is 18.0 Å². The zero-order valence-electron chi connectivity index (χ0n) is 11.5. The monoisotopic (exact) mass is 332 g/mol. The Balaban J connectivity index is 2.41. The minimum Gasteiger partial charge on any atom is -0.477 e. The van der Waals surface area contributed by atoms with Crippen LogP contribution in [0.25, 0.3) is 0 Å². The standard InChI is InChI=1S/C13H11F3N2O3S/c1-18-6-8(12(19)20)11(17-18)21-7-3-4-10(22-2)9(5-7)13(14,15)16/h3-6H,1-2H3,(H,19,20). The Morgan fingerprint density at radius 2 is 2.09 bits per heavy atom. The maximum absolute atomic E-state index is 13.0. The molecule has 5 nitrogen and oxygen atoms in total. The van der Waals surface area contributed by atoms with Gasteiger partial charge < -0.3 is 9.84 Å². The van der Waals surface area contributed by atoms with E-state index in [4.69, 9.17) is 9.84 Å². The van der Waals surface area contributed by atoms with Gasteiger partial charge in [-0.1, -0.05) is 0 Å². The van der Waals surface area contributed by atoms with Crippen LogP contribution in [-0.4, -0.2) is 27.1 Å². The molecule has 0 fully saturated rings. The Kier molecular flexibility index (Phi) is 4.36. The second-order valence-corrected chi connectivity index (χ2v) is 5.14. The summed E-state index contributed by atoms with van der Waals surface area (Å²) in [6, 6.07) is 3.43. The normalized spacial score (nSPS) is 11.5. The zero-order valence-corrected chi connectivity index (χ0v) is 12.3. The first kappa shape index (κ1) is 16.2. The highest BCUT2D eigenvalue weighted by atomic mass is 32.2. The van der Waals surface area contributed by atoms with Crippen molar-refractivity contribution in [2.45, 2.75) is 11.1 Å². The van der Waals surface area contributed by atoms with E-state index in [1.807, 2.05) is 0 Å². The van der Waals surface area contributed by atoms with Crippen LogP contribution in [-0.2, 0) is 13.2 Å². The number of ether oxygens (including phenoxy) is 1. The number of hydrogen-bond acceptors (Lipinski definition) is 4. The van der Waals surface area contributed by atoms with Crippen LogP contribution in [0.2, 0.25) is 0 Å². The molecule has 0 amide bonds. The summed E-state index contributed by atoms with van der Waals surface area (Å²) in [5.74, 6) is -1.67. The van der Waals surface area contributed by atoms with Crippen molar-refractivity contribution < 1.29 is 27.8 Å². The van der Waals surface area contributed by atoms with Crippen molar-refractivity contribution in [1.82, 2.24) is 9.78 Å². The van der Waals surface area contributed by atoms with E-state index in [0.29, 0.717) is 0 Å². The molecule has 22 heavy (non-hydrogen) atoms. The van der Waals surface area contributed by atoms with Gasteiger partial charge in [0.15, 0.2) is 0 Å². The van der Waals surface area contributed by atoms with E-state index in [1.54, 1.807) is 0 Å². The lowest BCUT2D eigenvalue weighted by Gasteiger charge is -2.13. The predicted molar refractivity (Wildman–Crippen MR) is 73.5 cm³/mol. The molecule has 0 spiro atoms. The Bertz CT molecular complexity index is 713. The lowest BCUT2D eigenvalue weighted by molar-refractivity contribution is -0.139. The molecular weight excluding hydrogens is 321 g/mol. The molecule has 0 saturated heterocycles. The quantitative estimate of drug-likeness (QED) is 0.866. The van der Waals surface area contributed by atoms with E-state index >= 15 is 0 Å². The van der Waals surface area contributed by atoms with E-state index < -0.39 is 17.7 Å². The second kappa shape index (κ2) is 5.91. The van der Waals surface area contributed by atoms with Crippen LogP contribution in [0.3, 0.4) is 0 Å². The fraction of sp³-hybridized carbons (Fsp3) is 0.231. The van der Waals surface area contributed by atoms with E-state index in [-0.39, 0.29) is 22.1 Å². The summed E-state index contributed by atoms with van der Waals surface area (Å²) in [4.78, 5) is 11.1. The molecule has 2 rings (SSSR count). The van der Waals surface area contributed by atoms with Crippen molar-refractivity contribution in [2.75, 3.05) is 6.26 Å². The van der Waals surface area contributed by atoms with Crippen LogP contribution in [0.1, 0.15) is 15.9 Å². The Hall–Kier alpha value is -2.16. The van der Waals surface area contributed by atoms with Gasteiger partial charge in [-0.2, -0.15) is 13.2 Å². The predicted octanol–water partition coefficient (Wildman–Crippen LogP) is 3.65. The third kappa shape index (κ3) is 3.35.